The van der Waals surface area contributed by atoms with Gasteiger partial charge in [-0.2, -0.15) is 0 Å². The average molecular weight is 251 g/mol. The molecule has 0 saturated carbocycles. The van der Waals surface area contributed by atoms with Gasteiger partial charge in [0, 0.05) is 0 Å². The maximum absolute atomic E-state index is 5.16. The van der Waals surface area contributed by atoms with E-state index in [1.54, 1.807) is 0 Å². The van der Waals surface area contributed by atoms with Crippen molar-refractivity contribution in [2.75, 3.05) is 13.1 Å². The topological polar surface area (TPSA) is 12.0 Å². The predicted octanol–water partition coefficient (Wildman–Crippen LogP) is 4.91. The van der Waals surface area contributed by atoms with Crippen molar-refractivity contribution < 1.29 is 0 Å². The van der Waals surface area contributed by atoms with Crippen LogP contribution in [0.4, 0.5) is 0 Å². The highest BCUT2D eigenvalue weighted by Crippen LogP contribution is 2.11. The van der Waals surface area contributed by atoms with E-state index in [0.717, 1.165) is 13.1 Å². The molecule has 0 unspecified atom stereocenters. The van der Waals surface area contributed by atoms with Gasteiger partial charge in [-0.3, -0.25) is 0 Å². The van der Waals surface area contributed by atoms with Gasteiger partial charge in [-0.05, 0) is 13.0 Å². The fraction of sp³-hybridized carbons (Fsp3) is 0.882. The third-order valence-electron chi connectivity index (χ3n) is 3.43. The van der Waals surface area contributed by atoms with Gasteiger partial charge in [-0.15, -0.1) is 6.42 Å². The minimum atomic E-state index is 0.720. The Balaban J connectivity index is 2.89. The van der Waals surface area contributed by atoms with Crippen LogP contribution in [0.25, 0.3) is 0 Å². The number of unbranched alkanes of at least 4 members (excludes halogenated alkanes) is 11. The highest BCUT2D eigenvalue weighted by Gasteiger charge is 1.93. The van der Waals surface area contributed by atoms with Crippen LogP contribution in [0.2, 0.25) is 0 Å². The summed E-state index contributed by atoms with van der Waals surface area (Å²) in [5.74, 6) is 2.60. The molecule has 0 rings (SSSR count). The quantitative estimate of drug-likeness (QED) is 0.342. The van der Waals surface area contributed by atoms with E-state index in [1.165, 1.54) is 77.0 Å². The zero-order valence-corrected chi connectivity index (χ0v) is 12.5. The molecule has 0 saturated heterocycles. The first-order valence-electron chi connectivity index (χ1n) is 8.06. The van der Waals surface area contributed by atoms with Gasteiger partial charge in [0.2, 0.25) is 0 Å². The van der Waals surface area contributed by atoms with Crippen LogP contribution in [-0.2, 0) is 0 Å². The molecule has 0 heterocycles. The molecule has 0 radical (unpaired) electrons. The molecule has 0 bridgehead atoms. The van der Waals surface area contributed by atoms with Crippen molar-refractivity contribution in [1.29, 1.82) is 0 Å². The zero-order valence-electron chi connectivity index (χ0n) is 12.5. The Bertz CT molecular complexity index is 181. The van der Waals surface area contributed by atoms with Crippen LogP contribution in [0.1, 0.15) is 84.0 Å². The third-order valence-corrected chi connectivity index (χ3v) is 3.43. The van der Waals surface area contributed by atoms with Crippen LogP contribution in [-0.4, -0.2) is 13.1 Å². The van der Waals surface area contributed by atoms with E-state index in [0.29, 0.717) is 0 Å². The largest absolute Gasteiger partial charge is 0.306 e. The summed E-state index contributed by atoms with van der Waals surface area (Å²) in [5, 5.41) is 3.23. The monoisotopic (exact) mass is 251 g/mol. The second-order valence-electron chi connectivity index (χ2n) is 5.27. The molecule has 0 aliphatic carbocycles. The van der Waals surface area contributed by atoms with Gasteiger partial charge in [-0.25, -0.2) is 0 Å². The number of hydrogen-bond donors (Lipinski definition) is 1. The predicted molar refractivity (Wildman–Crippen MR) is 82.8 cm³/mol. The molecular formula is C17H33N. The first-order chi connectivity index (χ1) is 8.91. The van der Waals surface area contributed by atoms with Crippen molar-refractivity contribution in [3.8, 4) is 12.3 Å². The average Bonchev–Trinajstić information content (AvgIpc) is 2.39. The zero-order chi connectivity index (χ0) is 13.3. The van der Waals surface area contributed by atoms with Crippen molar-refractivity contribution in [1.82, 2.24) is 5.32 Å². The summed E-state index contributed by atoms with van der Waals surface area (Å²) >= 11 is 0. The molecule has 0 amide bonds. The second-order valence-corrected chi connectivity index (χ2v) is 5.27. The lowest BCUT2D eigenvalue weighted by atomic mass is 10.1. The number of nitrogens with one attached hydrogen (secondary N) is 1. The molecule has 0 atom stereocenters. The van der Waals surface area contributed by atoms with E-state index in [9.17, 15) is 0 Å². The Labute approximate surface area is 115 Å². The maximum Gasteiger partial charge on any atom is 0.0573 e. The molecule has 0 aliphatic heterocycles. The summed E-state index contributed by atoms with van der Waals surface area (Å²) in [6.45, 7) is 4.09. The SMILES string of the molecule is C#CCNCCCCCCCCCCCCCC. The number of hydrogen-bond acceptors (Lipinski definition) is 1. The molecule has 1 nitrogen and oxygen atoms in total. The Hall–Kier alpha value is -0.480. The smallest absolute Gasteiger partial charge is 0.0573 e. The second kappa shape index (κ2) is 16.5. The summed E-state index contributed by atoms with van der Waals surface area (Å²) < 4.78 is 0. The Morgan fingerprint density at radius 1 is 0.722 bits per heavy atom. The third kappa shape index (κ3) is 15.5. The van der Waals surface area contributed by atoms with E-state index >= 15 is 0 Å². The molecule has 18 heavy (non-hydrogen) atoms. The van der Waals surface area contributed by atoms with Crippen LogP contribution >= 0.6 is 0 Å². The molecule has 1 heteroatoms. The van der Waals surface area contributed by atoms with Gasteiger partial charge in [0.25, 0.3) is 0 Å². The summed E-state index contributed by atoms with van der Waals surface area (Å²) in [5.41, 5.74) is 0. The summed E-state index contributed by atoms with van der Waals surface area (Å²) in [6.07, 6.45) is 22.1. The van der Waals surface area contributed by atoms with Crippen molar-refractivity contribution in [3.63, 3.8) is 0 Å². The van der Waals surface area contributed by atoms with E-state index in [1.807, 2.05) is 0 Å². The molecule has 0 spiro atoms. The van der Waals surface area contributed by atoms with Gasteiger partial charge < -0.3 is 5.32 Å². The lowest BCUT2D eigenvalue weighted by molar-refractivity contribution is 0.539. The van der Waals surface area contributed by atoms with Gasteiger partial charge in [0.1, 0.15) is 0 Å². The lowest BCUT2D eigenvalue weighted by Gasteiger charge is -2.03. The minimum absolute atomic E-state index is 0.720. The van der Waals surface area contributed by atoms with E-state index in [4.69, 9.17) is 6.42 Å². The van der Waals surface area contributed by atoms with Crippen LogP contribution in [0.3, 0.4) is 0 Å². The molecule has 106 valence electrons. The minimum Gasteiger partial charge on any atom is -0.306 e. The highest BCUT2D eigenvalue weighted by atomic mass is 14.8. The first-order valence-corrected chi connectivity index (χ1v) is 8.06. The Kier molecular flexibility index (Phi) is 16.1. The fourth-order valence-corrected chi connectivity index (χ4v) is 2.25. The summed E-state index contributed by atoms with van der Waals surface area (Å²) in [4.78, 5) is 0. The molecule has 0 aromatic rings. The van der Waals surface area contributed by atoms with Crippen molar-refractivity contribution in [3.05, 3.63) is 0 Å². The van der Waals surface area contributed by atoms with Crippen molar-refractivity contribution in [2.24, 2.45) is 0 Å². The molecule has 0 aliphatic rings. The first kappa shape index (κ1) is 17.5. The van der Waals surface area contributed by atoms with E-state index in [2.05, 4.69) is 18.2 Å². The molecular weight excluding hydrogens is 218 g/mol. The number of rotatable bonds is 14. The Morgan fingerprint density at radius 3 is 1.61 bits per heavy atom. The van der Waals surface area contributed by atoms with Crippen LogP contribution < -0.4 is 5.32 Å². The molecule has 1 N–H and O–H groups in total. The van der Waals surface area contributed by atoms with Gasteiger partial charge in [0.05, 0.1) is 6.54 Å². The standard InChI is InChI=1S/C17H33N/c1-3-5-6-7-8-9-10-11-12-13-14-15-17-18-16-4-2/h2,18H,3,5-17H2,1H3. The van der Waals surface area contributed by atoms with Crippen LogP contribution in [0.5, 0.6) is 0 Å². The van der Waals surface area contributed by atoms with Gasteiger partial charge in [0.15, 0.2) is 0 Å². The van der Waals surface area contributed by atoms with Crippen molar-refractivity contribution >= 4 is 0 Å². The van der Waals surface area contributed by atoms with Crippen LogP contribution in [0.15, 0.2) is 0 Å². The fourth-order valence-electron chi connectivity index (χ4n) is 2.25. The van der Waals surface area contributed by atoms with E-state index < -0.39 is 0 Å². The summed E-state index contributed by atoms with van der Waals surface area (Å²) in [7, 11) is 0. The maximum atomic E-state index is 5.16. The summed E-state index contributed by atoms with van der Waals surface area (Å²) in [6, 6.07) is 0. The Morgan fingerprint density at radius 2 is 1.17 bits per heavy atom. The molecule has 0 aromatic carbocycles. The van der Waals surface area contributed by atoms with Gasteiger partial charge in [-0.1, -0.05) is 83.5 Å². The molecule has 0 aromatic heterocycles. The van der Waals surface area contributed by atoms with E-state index in [-0.39, 0.29) is 0 Å². The molecule has 0 fully saturated rings. The number of terminal acetylenes is 1. The lowest BCUT2D eigenvalue weighted by Crippen LogP contribution is -2.14. The highest BCUT2D eigenvalue weighted by molar-refractivity contribution is 4.86. The normalized spacial score (nSPS) is 10.4. The van der Waals surface area contributed by atoms with Gasteiger partial charge >= 0.3 is 0 Å². The van der Waals surface area contributed by atoms with Crippen LogP contribution in [0, 0.1) is 12.3 Å². The van der Waals surface area contributed by atoms with Crippen molar-refractivity contribution in [2.45, 2.75) is 84.0 Å².